The van der Waals surface area contributed by atoms with E-state index in [9.17, 15) is 4.79 Å². The van der Waals surface area contributed by atoms with Crippen molar-refractivity contribution in [2.24, 2.45) is 17.1 Å². The van der Waals surface area contributed by atoms with Crippen molar-refractivity contribution in [1.29, 1.82) is 0 Å². The van der Waals surface area contributed by atoms with Crippen LogP contribution in [0, 0.1) is 11.3 Å². The normalized spacial score (nSPS) is 24.9. The van der Waals surface area contributed by atoms with Crippen LogP contribution in [0.1, 0.15) is 51.4 Å². The largest absolute Gasteiger partial charge is 0.381 e. The predicted molar refractivity (Wildman–Crippen MR) is 110 cm³/mol. The van der Waals surface area contributed by atoms with E-state index >= 15 is 0 Å². The Kier molecular flexibility index (Phi) is 10.8. The van der Waals surface area contributed by atoms with E-state index < -0.39 is 0 Å². The summed E-state index contributed by atoms with van der Waals surface area (Å²) in [7, 11) is 0. The molecule has 26 heavy (non-hydrogen) atoms. The zero-order valence-electron chi connectivity index (χ0n) is 16.0. The topological polar surface area (TPSA) is 58.8 Å². The summed E-state index contributed by atoms with van der Waals surface area (Å²) in [5.41, 5.74) is 5.66. The molecule has 2 N–H and O–H groups in total. The number of nitrogens with zero attached hydrogens (tertiary/aromatic N) is 2. The molecule has 0 atom stereocenters. The molecule has 0 spiro atoms. The molecule has 0 aromatic heterocycles. The lowest BCUT2D eigenvalue weighted by atomic mass is 9.79. The van der Waals surface area contributed by atoms with Crippen LogP contribution in [-0.4, -0.2) is 68.2 Å². The van der Waals surface area contributed by atoms with Crippen molar-refractivity contribution in [3.63, 3.8) is 0 Å². The molecular formula is C19H37Cl2N3O2. The van der Waals surface area contributed by atoms with Crippen LogP contribution in [0.5, 0.6) is 0 Å². The zero-order chi connectivity index (χ0) is 16.8. The maximum atomic E-state index is 13.1. The van der Waals surface area contributed by atoms with Crippen molar-refractivity contribution in [3.05, 3.63) is 0 Å². The van der Waals surface area contributed by atoms with Crippen LogP contribution >= 0.6 is 24.8 Å². The van der Waals surface area contributed by atoms with Gasteiger partial charge in [0.05, 0.1) is 5.41 Å². The highest BCUT2D eigenvalue weighted by Crippen LogP contribution is 2.32. The van der Waals surface area contributed by atoms with Gasteiger partial charge in [-0.2, -0.15) is 0 Å². The Morgan fingerprint density at radius 1 is 0.962 bits per heavy atom. The predicted octanol–water partition coefficient (Wildman–Crippen LogP) is 2.70. The summed E-state index contributed by atoms with van der Waals surface area (Å²) in [6.45, 7) is 6.96. The zero-order valence-corrected chi connectivity index (χ0v) is 17.6. The highest BCUT2D eigenvalue weighted by atomic mass is 35.5. The second-order valence-electron chi connectivity index (χ2n) is 8.05. The van der Waals surface area contributed by atoms with Gasteiger partial charge < -0.3 is 20.3 Å². The average Bonchev–Trinajstić information content (AvgIpc) is 2.88. The smallest absolute Gasteiger partial charge is 0.230 e. The van der Waals surface area contributed by atoms with Gasteiger partial charge in [0.1, 0.15) is 0 Å². The van der Waals surface area contributed by atoms with Crippen molar-refractivity contribution in [3.8, 4) is 0 Å². The fourth-order valence-electron chi connectivity index (χ4n) is 4.69. The summed E-state index contributed by atoms with van der Waals surface area (Å²) in [5, 5.41) is 0. The van der Waals surface area contributed by atoms with Gasteiger partial charge in [-0.3, -0.25) is 4.79 Å². The number of hydrogen-bond donors (Lipinski definition) is 1. The highest BCUT2D eigenvalue weighted by Gasteiger charge is 2.41. The molecule has 1 amide bonds. The average molecular weight is 410 g/mol. The van der Waals surface area contributed by atoms with Crippen LogP contribution in [-0.2, 0) is 9.53 Å². The quantitative estimate of drug-likeness (QED) is 0.774. The second-order valence-corrected chi connectivity index (χ2v) is 8.05. The van der Waals surface area contributed by atoms with E-state index in [1.54, 1.807) is 0 Å². The Morgan fingerprint density at radius 2 is 1.65 bits per heavy atom. The monoisotopic (exact) mass is 409 g/mol. The Labute approximate surface area is 171 Å². The van der Waals surface area contributed by atoms with Crippen molar-refractivity contribution in [2.45, 2.75) is 51.4 Å². The minimum atomic E-state index is -0.364. The highest BCUT2D eigenvalue weighted by molar-refractivity contribution is 5.85. The first-order valence-electron chi connectivity index (χ1n) is 10.0. The lowest BCUT2D eigenvalue weighted by Gasteiger charge is -2.38. The van der Waals surface area contributed by atoms with Crippen molar-refractivity contribution >= 4 is 30.7 Å². The van der Waals surface area contributed by atoms with Crippen molar-refractivity contribution in [2.75, 3.05) is 52.5 Å². The molecule has 0 aromatic carbocycles. The second kappa shape index (κ2) is 11.7. The number of amides is 1. The summed E-state index contributed by atoms with van der Waals surface area (Å²) in [5.74, 6) is 1.17. The number of halogens is 2. The van der Waals surface area contributed by atoms with Gasteiger partial charge >= 0.3 is 0 Å². The molecule has 1 saturated carbocycles. The standard InChI is InChI=1S/C19H35N3O2.2ClH/c20-16-19(7-13-24-14-8-19)18(23)22-10-4-9-21(11-12-22)15-17-5-2-1-3-6-17;;/h17H,1-16,20H2;2*1H. The Morgan fingerprint density at radius 3 is 2.31 bits per heavy atom. The number of ether oxygens (including phenoxy) is 1. The van der Waals surface area contributed by atoms with E-state index in [2.05, 4.69) is 9.80 Å². The van der Waals surface area contributed by atoms with E-state index in [1.807, 2.05) is 0 Å². The van der Waals surface area contributed by atoms with E-state index in [4.69, 9.17) is 10.5 Å². The number of hydrogen-bond acceptors (Lipinski definition) is 4. The summed E-state index contributed by atoms with van der Waals surface area (Å²) >= 11 is 0. The van der Waals surface area contributed by atoms with Crippen LogP contribution in [0.15, 0.2) is 0 Å². The molecular weight excluding hydrogens is 373 g/mol. The van der Waals surface area contributed by atoms with E-state index in [0.717, 1.165) is 51.4 Å². The van der Waals surface area contributed by atoms with Crippen molar-refractivity contribution < 1.29 is 9.53 Å². The molecule has 3 rings (SSSR count). The van der Waals surface area contributed by atoms with Gasteiger partial charge in [0.2, 0.25) is 5.91 Å². The van der Waals surface area contributed by atoms with Crippen LogP contribution in [0.2, 0.25) is 0 Å². The van der Waals surface area contributed by atoms with Gasteiger partial charge in [0.15, 0.2) is 0 Å². The Balaban J connectivity index is 0.00000169. The van der Waals surface area contributed by atoms with E-state index in [1.165, 1.54) is 38.6 Å². The third-order valence-corrected chi connectivity index (χ3v) is 6.41. The third kappa shape index (κ3) is 5.96. The fourth-order valence-corrected chi connectivity index (χ4v) is 4.69. The van der Waals surface area contributed by atoms with Crippen LogP contribution in [0.4, 0.5) is 0 Å². The van der Waals surface area contributed by atoms with Gasteiger partial charge in [-0.15, -0.1) is 24.8 Å². The fraction of sp³-hybridized carbons (Fsp3) is 0.947. The molecule has 2 aliphatic heterocycles. The van der Waals surface area contributed by atoms with E-state index in [0.29, 0.717) is 19.8 Å². The summed E-state index contributed by atoms with van der Waals surface area (Å²) in [6, 6.07) is 0. The molecule has 0 aromatic rings. The molecule has 0 unspecified atom stereocenters. The molecule has 7 heteroatoms. The molecule has 0 radical (unpaired) electrons. The molecule has 154 valence electrons. The van der Waals surface area contributed by atoms with Gasteiger partial charge in [-0.25, -0.2) is 0 Å². The molecule has 0 bridgehead atoms. The summed E-state index contributed by atoms with van der Waals surface area (Å²) in [4.78, 5) is 17.8. The first kappa shape index (κ1) is 24.0. The third-order valence-electron chi connectivity index (χ3n) is 6.41. The molecule has 5 nitrogen and oxygen atoms in total. The number of carbonyl (C=O) groups excluding carboxylic acids is 1. The minimum absolute atomic E-state index is 0. The van der Waals surface area contributed by atoms with Gasteiger partial charge in [-0.1, -0.05) is 19.3 Å². The molecule has 2 heterocycles. The van der Waals surface area contributed by atoms with Crippen LogP contribution < -0.4 is 5.73 Å². The molecule has 3 fully saturated rings. The SMILES string of the molecule is Cl.Cl.NCC1(C(=O)N2CCCN(CC3CCCCC3)CC2)CCOCC1. The van der Waals surface area contributed by atoms with Gasteiger partial charge in [-0.05, 0) is 44.6 Å². The van der Waals surface area contributed by atoms with Gasteiger partial charge in [0.25, 0.3) is 0 Å². The number of nitrogens with two attached hydrogens (primary N) is 1. The molecule has 3 aliphatic rings. The summed E-state index contributed by atoms with van der Waals surface area (Å²) in [6.07, 6.45) is 9.69. The van der Waals surface area contributed by atoms with Crippen molar-refractivity contribution in [1.82, 2.24) is 9.80 Å². The lowest BCUT2D eigenvalue weighted by Crippen LogP contribution is -2.51. The number of carbonyl (C=O) groups is 1. The van der Waals surface area contributed by atoms with E-state index in [-0.39, 0.29) is 36.1 Å². The minimum Gasteiger partial charge on any atom is -0.381 e. The lowest BCUT2D eigenvalue weighted by molar-refractivity contribution is -0.147. The first-order chi connectivity index (χ1) is 11.7. The van der Waals surface area contributed by atoms with Gasteiger partial charge in [0, 0.05) is 45.9 Å². The molecule has 2 saturated heterocycles. The first-order valence-corrected chi connectivity index (χ1v) is 10.0. The van der Waals surface area contributed by atoms with Crippen LogP contribution in [0.3, 0.4) is 0 Å². The Hall–Kier alpha value is -0.0700. The Bertz CT molecular complexity index is 414. The number of rotatable bonds is 4. The van der Waals surface area contributed by atoms with Crippen LogP contribution in [0.25, 0.3) is 0 Å². The maximum Gasteiger partial charge on any atom is 0.230 e. The molecule has 1 aliphatic carbocycles. The summed E-state index contributed by atoms with van der Waals surface area (Å²) < 4.78 is 5.46. The maximum absolute atomic E-state index is 13.1.